The summed E-state index contributed by atoms with van der Waals surface area (Å²) in [5.41, 5.74) is -1.42. The Labute approximate surface area is 154 Å². The fourth-order valence-corrected chi connectivity index (χ4v) is 3.08. The Balaban J connectivity index is 1.97. The number of imide groups is 1. The summed E-state index contributed by atoms with van der Waals surface area (Å²) in [5, 5.41) is 2.46. The maximum atomic E-state index is 14.2. The second kappa shape index (κ2) is 6.86. The van der Waals surface area contributed by atoms with Gasteiger partial charge in [0.2, 0.25) is 0 Å². The van der Waals surface area contributed by atoms with Crippen molar-refractivity contribution in [1.82, 2.24) is 10.2 Å². The lowest BCUT2D eigenvalue weighted by molar-refractivity contribution is -0.131. The third-order valence-electron chi connectivity index (χ3n) is 4.56. The molecule has 3 rings (SSSR count). The molecule has 8 heteroatoms. The molecule has 0 spiro atoms. The number of methoxy groups -OCH3 is 2. The number of rotatable bonds is 5. The molecule has 0 radical (unpaired) electrons. The van der Waals surface area contributed by atoms with Gasteiger partial charge in [-0.2, -0.15) is 0 Å². The molecule has 1 N–H and O–H groups in total. The minimum atomic E-state index is -1.71. The van der Waals surface area contributed by atoms with E-state index < -0.39 is 29.1 Å². The zero-order valence-corrected chi connectivity index (χ0v) is 15.0. The van der Waals surface area contributed by atoms with E-state index in [-0.39, 0.29) is 12.1 Å². The standard InChI is InChI=1S/C19H18F2N2O4/c1-19(14-9-12(20)4-6-15(14)21)17(24)23(18(25)22-19)10-11-8-13(26-2)5-7-16(11)27-3/h4-9H,10H2,1-3H3,(H,22,25)/t19-/m0/s1. The highest BCUT2D eigenvalue weighted by atomic mass is 19.1. The van der Waals surface area contributed by atoms with Crippen LogP contribution in [0.4, 0.5) is 13.6 Å². The topological polar surface area (TPSA) is 67.9 Å². The number of nitrogens with zero attached hydrogens (tertiary/aromatic N) is 1. The minimum Gasteiger partial charge on any atom is -0.497 e. The molecule has 1 aliphatic heterocycles. The van der Waals surface area contributed by atoms with E-state index in [4.69, 9.17) is 9.47 Å². The molecule has 2 aromatic rings. The smallest absolute Gasteiger partial charge is 0.325 e. The van der Waals surface area contributed by atoms with Gasteiger partial charge in [-0.25, -0.2) is 13.6 Å². The van der Waals surface area contributed by atoms with Gasteiger partial charge < -0.3 is 14.8 Å². The molecule has 27 heavy (non-hydrogen) atoms. The number of nitrogens with one attached hydrogen (secondary N) is 1. The number of urea groups is 1. The first-order valence-electron chi connectivity index (χ1n) is 8.10. The quantitative estimate of drug-likeness (QED) is 0.815. The molecule has 0 aliphatic carbocycles. The van der Waals surface area contributed by atoms with Crippen molar-refractivity contribution in [2.75, 3.05) is 14.2 Å². The Morgan fingerprint density at radius 1 is 1.07 bits per heavy atom. The van der Waals surface area contributed by atoms with Gasteiger partial charge in [0.05, 0.1) is 20.8 Å². The van der Waals surface area contributed by atoms with Crippen LogP contribution in [0.25, 0.3) is 0 Å². The summed E-state index contributed by atoms with van der Waals surface area (Å²) in [6.07, 6.45) is 0. The Bertz CT molecular complexity index is 919. The summed E-state index contributed by atoms with van der Waals surface area (Å²) >= 11 is 0. The van der Waals surface area contributed by atoms with Crippen molar-refractivity contribution >= 4 is 11.9 Å². The van der Waals surface area contributed by atoms with E-state index in [9.17, 15) is 18.4 Å². The molecular formula is C19H18F2N2O4. The highest BCUT2D eigenvalue weighted by molar-refractivity contribution is 6.07. The van der Waals surface area contributed by atoms with Crippen molar-refractivity contribution in [3.8, 4) is 11.5 Å². The molecule has 0 unspecified atom stereocenters. The summed E-state index contributed by atoms with van der Waals surface area (Å²) in [7, 11) is 2.95. The molecule has 142 valence electrons. The van der Waals surface area contributed by atoms with Crippen molar-refractivity contribution in [3.05, 3.63) is 59.2 Å². The zero-order chi connectivity index (χ0) is 19.8. The van der Waals surface area contributed by atoms with Crippen LogP contribution in [-0.4, -0.2) is 31.1 Å². The number of ether oxygens (including phenoxy) is 2. The third-order valence-corrected chi connectivity index (χ3v) is 4.56. The van der Waals surface area contributed by atoms with Crippen molar-refractivity contribution in [2.45, 2.75) is 19.0 Å². The van der Waals surface area contributed by atoms with Crippen LogP contribution in [0.2, 0.25) is 0 Å². The second-order valence-electron chi connectivity index (χ2n) is 6.25. The molecule has 1 fully saturated rings. The molecule has 6 nitrogen and oxygen atoms in total. The molecule has 3 amide bonds. The monoisotopic (exact) mass is 376 g/mol. The first-order valence-corrected chi connectivity index (χ1v) is 8.10. The van der Waals surface area contributed by atoms with E-state index in [0.717, 1.165) is 23.1 Å². The average Bonchev–Trinajstić information content (AvgIpc) is 2.87. The zero-order valence-electron chi connectivity index (χ0n) is 15.0. The van der Waals surface area contributed by atoms with Crippen molar-refractivity contribution in [1.29, 1.82) is 0 Å². The Hall–Kier alpha value is -3.16. The van der Waals surface area contributed by atoms with Crippen LogP contribution in [0.1, 0.15) is 18.1 Å². The number of halogens is 2. The number of hydrogen-bond donors (Lipinski definition) is 1. The van der Waals surface area contributed by atoms with Crippen LogP contribution in [0.15, 0.2) is 36.4 Å². The fourth-order valence-electron chi connectivity index (χ4n) is 3.08. The van der Waals surface area contributed by atoms with E-state index in [1.807, 2.05) is 0 Å². The fraction of sp³-hybridized carbons (Fsp3) is 0.263. The van der Waals surface area contributed by atoms with E-state index in [0.29, 0.717) is 17.1 Å². The van der Waals surface area contributed by atoms with Gasteiger partial charge in [-0.15, -0.1) is 0 Å². The molecule has 1 heterocycles. The number of hydrogen-bond acceptors (Lipinski definition) is 4. The van der Waals surface area contributed by atoms with Gasteiger partial charge in [0.15, 0.2) is 0 Å². The maximum absolute atomic E-state index is 14.2. The van der Waals surface area contributed by atoms with Crippen LogP contribution < -0.4 is 14.8 Å². The van der Waals surface area contributed by atoms with Gasteiger partial charge in [-0.1, -0.05) is 0 Å². The van der Waals surface area contributed by atoms with Crippen molar-refractivity contribution in [3.63, 3.8) is 0 Å². The molecular weight excluding hydrogens is 358 g/mol. The molecule has 2 aromatic carbocycles. The lowest BCUT2D eigenvalue weighted by Gasteiger charge is -2.23. The second-order valence-corrected chi connectivity index (χ2v) is 6.25. The largest absolute Gasteiger partial charge is 0.497 e. The van der Waals surface area contributed by atoms with Crippen LogP contribution in [0.5, 0.6) is 11.5 Å². The predicted molar refractivity (Wildman–Crippen MR) is 92.3 cm³/mol. The molecule has 1 aliphatic rings. The molecule has 0 saturated carbocycles. The van der Waals surface area contributed by atoms with Crippen LogP contribution in [0.3, 0.4) is 0 Å². The minimum absolute atomic E-state index is 0.114. The first-order chi connectivity index (χ1) is 12.8. The average molecular weight is 376 g/mol. The van der Waals surface area contributed by atoms with Gasteiger partial charge in [0, 0.05) is 11.1 Å². The highest BCUT2D eigenvalue weighted by Gasteiger charge is 2.50. The van der Waals surface area contributed by atoms with E-state index in [1.54, 1.807) is 18.2 Å². The van der Waals surface area contributed by atoms with Gasteiger partial charge in [-0.3, -0.25) is 9.69 Å². The Morgan fingerprint density at radius 3 is 2.48 bits per heavy atom. The number of carbonyl (C=O) groups excluding carboxylic acids is 2. The number of carbonyl (C=O) groups is 2. The maximum Gasteiger partial charge on any atom is 0.325 e. The first kappa shape index (κ1) is 18.6. The van der Waals surface area contributed by atoms with Gasteiger partial charge in [-0.05, 0) is 43.3 Å². The molecule has 0 aromatic heterocycles. The Morgan fingerprint density at radius 2 is 1.81 bits per heavy atom. The third kappa shape index (κ3) is 3.18. The van der Waals surface area contributed by atoms with E-state index in [2.05, 4.69) is 5.32 Å². The van der Waals surface area contributed by atoms with E-state index >= 15 is 0 Å². The summed E-state index contributed by atoms with van der Waals surface area (Å²) in [6, 6.07) is 7.03. The highest BCUT2D eigenvalue weighted by Crippen LogP contribution is 2.33. The molecule has 1 saturated heterocycles. The summed E-state index contributed by atoms with van der Waals surface area (Å²) in [5.74, 6) is -1.20. The van der Waals surface area contributed by atoms with Crippen LogP contribution in [0, 0.1) is 11.6 Å². The summed E-state index contributed by atoms with van der Waals surface area (Å²) in [6.45, 7) is 1.23. The SMILES string of the molecule is COc1ccc(OC)c(CN2C(=O)N[C@@](C)(c3cc(F)ccc3F)C2=O)c1. The van der Waals surface area contributed by atoms with Gasteiger partial charge in [0.1, 0.15) is 28.7 Å². The predicted octanol–water partition coefficient (Wildman–Crippen LogP) is 2.95. The number of benzene rings is 2. The van der Waals surface area contributed by atoms with Gasteiger partial charge in [0.25, 0.3) is 5.91 Å². The number of amides is 3. The Kier molecular flexibility index (Phi) is 4.73. The molecule has 0 bridgehead atoms. The van der Waals surface area contributed by atoms with Crippen molar-refractivity contribution < 1.29 is 27.8 Å². The summed E-state index contributed by atoms with van der Waals surface area (Å²) < 4.78 is 38.2. The van der Waals surface area contributed by atoms with Crippen molar-refractivity contribution in [2.24, 2.45) is 0 Å². The molecule has 1 atom stereocenters. The lowest BCUT2D eigenvalue weighted by Crippen LogP contribution is -2.41. The lowest BCUT2D eigenvalue weighted by atomic mass is 9.91. The van der Waals surface area contributed by atoms with E-state index in [1.165, 1.54) is 21.1 Å². The summed E-state index contributed by atoms with van der Waals surface area (Å²) in [4.78, 5) is 26.3. The van der Waals surface area contributed by atoms with Crippen LogP contribution in [-0.2, 0) is 16.9 Å². The normalized spacial score (nSPS) is 19.2. The van der Waals surface area contributed by atoms with Gasteiger partial charge >= 0.3 is 6.03 Å². The van der Waals surface area contributed by atoms with Crippen LogP contribution >= 0.6 is 0 Å².